The first-order valence-corrected chi connectivity index (χ1v) is 16.0. The van der Waals surface area contributed by atoms with Gasteiger partial charge in [-0.25, -0.2) is 8.42 Å². The fourth-order valence-electron chi connectivity index (χ4n) is 4.12. The van der Waals surface area contributed by atoms with Gasteiger partial charge in [-0.2, -0.15) is 0 Å². The number of nitrogens with one attached hydrogen (secondary N) is 3. The third kappa shape index (κ3) is 11.3. The third-order valence-corrected chi connectivity index (χ3v) is 7.29. The van der Waals surface area contributed by atoms with Crippen molar-refractivity contribution in [3.63, 3.8) is 0 Å². The van der Waals surface area contributed by atoms with E-state index < -0.39 is 33.4 Å². The van der Waals surface area contributed by atoms with Gasteiger partial charge in [-0.1, -0.05) is 0 Å². The number of carbonyl (C=O) groups excluding carboxylic acids is 5. The van der Waals surface area contributed by atoms with Crippen LogP contribution in [0.4, 0.5) is 0 Å². The molecule has 2 aromatic rings. The van der Waals surface area contributed by atoms with Gasteiger partial charge in [0.2, 0.25) is 11.8 Å². The molecule has 3 N–H and O–H groups in total. The Hall–Kier alpha value is -4.50. The van der Waals surface area contributed by atoms with Crippen molar-refractivity contribution in [2.75, 3.05) is 44.9 Å². The number of aryl methyl sites for hydroxylation is 1. The lowest BCUT2D eigenvalue weighted by Crippen LogP contribution is -2.50. The van der Waals surface area contributed by atoms with Crippen molar-refractivity contribution in [1.29, 1.82) is 0 Å². The van der Waals surface area contributed by atoms with E-state index >= 15 is 0 Å². The zero-order valence-electron chi connectivity index (χ0n) is 24.6. The summed E-state index contributed by atoms with van der Waals surface area (Å²) in [5, 5.41) is 7.82. The number of pyridine rings is 2. The standard InChI is InChI=1S/C29H36N6O8S/c1-20-8-11-30-22(17-20)23-18-21(9-12-31-23)28(39)34-24(19-44(2,41)42)29(40)33-10-4-3-5-25(36)32-13-15-43-16-14-35-26(37)6-7-27(35)38/h6-9,11-12,17-18,24H,3-5,10,13-16,19H2,1-2H3,(H,32,36)(H,33,40)(H,34,39). The van der Waals surface area contributed by atoms with E-state index in [2.05, 4.69) is 25.9 Å². The lowest BCUT2D eigenvalue weighted by Gasteiger charge is -2.18. The van der Waals surface area contributed by atoms with Gasteiger partial charge in [0.15, 0.2) is 0 Å². The van der Waals surface area contributed by atoms with Crippen molar-refractivity contribution in [2.45, 2.75) is 32.2 Å². The highest BCUT2D eigenvalue weighted by atomic mass is 32.2. The van der Waals surface area contributed by atoms with E-state index in [0.717, 1.165) is 16.7 Å². The SMILES string of the molecule is Cc1ccnc(-c2cc(C(=O)NC(CS(C)(=O)=O)C(=O)NCCCCC(=O)NCCOCCN3C(=O)C=CC3=O)ccn2)c1. The van der Waals surface area contributed by atoms with Gasteiger partial charge >= 0.3 is 0 Å². The number of hydrogen-bond acceptors (Lipinski definition) is 10. The molecule has 0 fully saturated rings. The monoisotopic (exact) mass is 628 g/mol. The topological polar surface area (TPSA) is 194 Å². The van der Waals surface area contributed by atoms with Crippen LogP contribution in [0.5, 0.6) is 0 Å². The second-order valence-electron chi connectivity index (χ2n) is 10.1. The molecule has 15 heteroatoms. The molecule has 1 unspecified atom stereocenters. The van der Waals surface area contributed by atoms with Crippen LogP contribution in [-0.4, -0.2) is 104 Å². The average molecular weight is 629 g/mol. The summed E-state index contributed by atoms with van der Waals surface area (Å²) in [6.45, 7) is 2.83. The minimum absolute atomic E-state index is 0.134. The van der Waals surface area contributed by atoms with E-state index in [9.17, 15) is 32.4 Å². The lowest BCUT2D eigenvalue weighted by molar-refractivity contribution is -0.137. The highest BCUT2D eigenvalue weighted by Crippen LogP contribution is 2.16. The maximum absolute atomic E-state index is 13.0. The predicted molar refractivity (Wildman–Crippen MR) is 160 cm³/mol. The van der Waals surface area contributed by atoms with Gasteiger partial charge in [0.25, 0.3) is 17.7 Å². The van der Waals surface area contributed by atoms with Crippen LogP contribution < -0.4 is 16.0 Å². The van der Waals surface area contributed by atoms with Crippen LogP contribution in [0.1, 0.15) is 35.2 Å². The summed E-state index contributed by atoms with van der Waals surface area (Å²) in [5.74, 6) is -2.86. The van der Waals surface area contributed by atoms with Crippen molar-refractivity contribution < 1.29 is 37.1 Å². The largest absolute Gasteiger partial charge is 0.378 e. The molecule has 0 saturated carbocycles. The number of nitrogens with zero attached hydrogens (tertiary/aromatic N) is 3. The summed E-state index contributed by atoms with van der Waals surface area (Å²) in [5.41, 5.74) is 2.17. The molecule has 0 aliphatic carbocycles. The molecule has 0 saturated heterocycles. The van der Waals surface area contributed by atoms with E-state index in [1.54, 1.807) is 6.20 Å². The molecule has 0 radical (unpaired) electrons. The number of sulfone groups is 1. The summed E-state index contributed by atoms with van der Waals surface area (Å²) in [6.07, 6.45) is 7.52. The highest BCUT2D eigenvalue weighted by Gasteiger charge is 2.26. The summed E-state index contributed by atoms with van der Waals surface area (Å²) in [4.78, 5) is 70.3. The molecular weight excluding hydrogens is 592 g/mol. The Balaban J connectivity index is 1.38. The fraction of sp³-hybridized carbons (Fsp3) is 0.414. The molecule has 44 heavy (non-hydrogen) atoms. The number of rotatable bonds is 17. The molecule has 1 aliphatic heterocycles. The van der Waals surface area contributed by atoms with Gasteiger partial charge < -0.3 is 20.7 Å². The first kappa shape index (κ1) is 34.0. The van der Waals surface area contributed by atoms with Gasteiger partial charge in [-0.3, -0.25) is 38.8 Å². The molecular formula is C29H36N6O8S. The van der Waals surface area contributed by atoms with Gasteiger partial charge in [0, 0.05) is 55.9 Å². The number of carbonyl (C=O) groups is 5. The number of aromatic nitrogens is 2. The molecule has 236 valence electrons. The van der Waals surface area contributed by atoms with Crippen LogP contribution in [0, 0.1) is 6.92 Å². The molecule has 14 nitrogen and oxygen atoms in total. The lowest BCUT2D eigenvalue weighted by atomic mass is 10.1. The number of hydrogen-bond donors (Lipinski definition) is 3. The van der Waals surface area contributed by atoms with E-state index in [0.29, 0.717) is 24.2 Å². The van der Waals surface area contributed by atoms with Crippen LogP contribution in [0.25, 0.3) is 11.4 Å². The maximum atomic E-state index is 13.0. The number of imide groups is 1. The van der Waals surface area contributed by atoms with E-state index in [-0.39, 0.29) is 62.6 Å². The second kappa shape index (κ2) is 16.4. The maximum Gasteiger partial charge on any atom is 0.253 e. The van der Waals surface area contributed by atoms with Crippen molar-refractivity contribution >= 4 is 39.4 Å². The van der Waals surface area contributed by atoms with Gasteiger partial charge in [-0.05, 0) is 49.6 Å². The molecule has 1 atom stereocenters. The first-order chi connectivity index (χ1) is 20.9. The Morgan fingerprint density at radius 2 is 1.61 bits per heavy atom. The van der Waals surface area contributed by atoms with Crippen molar-refractivity contribution in [2.24, 2.45) is 0 Å². The van der Waals surface area contributed by atoms with E-state index in [4.69, 9.17) is 4.74 Å². The molecule has 0 spiro atoms. The Morgan fingerprint density at radius 1 is 0.932 bits per heavy atom. The Labute approximate surface area is 255 Å². The van der Waals surface area contributed by atoms with E-state index in [1.165, 1.54) is 30.5 Å². The molecule has 3 heterocycles. The van der Waals surface area contributed by atoms with Crippen LogP contribution >= 0.6 is 0 Å². The van der Waals surface area contributed by atoms with Gasteiger partial charge in [0.05, 0.1) is 36.9 Å². The minimum atomic E-state index is -3.62. The zero-order valence-corrected chi connectivity index (χ0v) is 25.4. The molecule has 2 aromatic heterocycles. The molecule has 0 aromatic carbocycles. The van der Waals surface area contributed by atoms with Crippen LogP contribution in [0.15, 0.2) is 48.8 Å². The number of amides is 5. The van der Waals surface area contributed by atoms with Crippen LogP contribution in [-0.2, 0) is 33.8 Å². The van der Waals surface area contributed by atoms with Crippen LogP contribution in [0.2, 0.25) is 0 Å². The molecule has 0 bridgehead atoms. The summed E-state index contributed by atoms with van der Waals surface area (Å²) >= 11 is 0. The molecule has 5 amide bonds. The van der Waals surface area contributed by atoms with Crippen molar-refractivity contribution in [3.8, 4) is 11.4 Å². The fourth-order valence-corrected chi connectivity index (χ4v) is 4.96. The smallest absolute Gasteiger partial charge is 0.253 e. The Bertz CT molecular complexity index is 1490. The average Bonchev–Trinajstić information content (AvgIpc) is 3.29. The van der Waals surface area contributed by atoms with Crippen molar-refractivity contribution in [1.82, 2.24) is 30.8 Å². The predicted octanol–water partition coefficient (Wildman–Crippen LogP) is -0.0607. The summed E-state index contributed by atoms with van der Waals surface area (Å²) in [7, 11) is -3.62. The van der Waals surface area contributed by atoms with Crippen LogP contribution in [0.3, 0.4) is 0 Å². The highest BCUT2D eigenvalue weighted by molar-refractivity contribution is 7.90. The summed E-state index contributed by atoms with van der Waals surface area (Å²) in [6, 6.07) is 5.28. The quantitative estimate of drug-likeness (QED) is 0.158. The number of unbranched alkanes of at least 4 members (excludes halogenated alkanes) is 1. The first-order valence-electron chi connectivity index (χ1n) is 14.0. The normalized spacial score (nSPS) is 13.5. The van der Waals surface area contributed by atoms with E-state index in [1.807, 2.05) is 19.1 Å². The Kier molecular flexibility index (Phi) is 12.7. The molecule has 3 rings (SSSR count). The zero-order chi connectivity index (χ0) is 32.1. The van der Waals surface area contributed by atoms with Crippen molar-refractivity contribution in [3.05, 3.63) is 59.9 Å². The van der Waals surface area contributed by atoms with Gasteiger partial charge in [0.1, 0.15) is 15.9 Å². The Morgan fingerprint density at radius 3 is 2.30 bits per heavy atom. The molecule has 1 aliphatic rings. The second-order valence-corrected chi connectivity index (χ2v) is 12.3. The minimum Gasteiger partial charge on any atom is -0.378 e. The summed E-state index contributed by atoms with van der Waals surface area (Å²) < 4.78 is 29.3. The van der Waals surface area contributed by atoms with Gasteiger partial charge in [-0.15, -0.1) is 0 Å². The number of ether oxygens (including phenoxy) is 1. The third-order valence-electron chi connectivity index (χ3n) is 6.35.